The van der Waals surface area contributed by atoms with Crippen molar-refractivity contribution in [1.29, 1.82) is 0 Å². The number of aryl methyl sites for hydroxylation is 1. The van der Waals surface area contributed by atoms with Crippen molar-refractivity contribution >= 4 is 34.9 Å². The third-order valence-corrected chi connectivity index (χ3v) is 4.76. The first-order valence-corrected chi connectivity index (χ1v) is 9.06. The van der Waals surface area contributed by atoms with Crippen LogP contribution in [0.2, 0.25) is 0 Å². The third-order valence-electron chi connectivity index (χ3n) is 3.85. The van der Waals surface area contributed by atoms with E-state index in [0.29, 0.717) is 12.4 Å². The van der Waals surface area contributed by atoms with Gasteiger partial charge in [0.1, 0.15) is 18.9 Å². The van der Waals surface area contributed by atoms with Crippen LogP contribution in [-0.4, -0.2) is 28.5 Å². The molecule has 138 valence electrons. The number of primary amides is 1. The number of hydrogen-bond acceptors (Lipinski definition) is 5. The average Bonchev–Trinajstić information content (AvgIpc) is 2.88. The van der Waals surface area contributed by atoms with Crippen LogP contribution in [-0.2, 0) is 16.2 Å². The van der Waals surface area contributed by atoms with E-state index in [9.17, 15) is 14.4 Å². The van der Waals surface area contributed by atoms with Crippen LogP contribution in [0.15, 0.2) is 53.4 Å². The van der Waals surface area contributed by atoms with Gasteiger partial charge in [-0.1, -0.05) is 42.0 Å². The summed E-state index contributed by atoms with van der Waals surface area (Å²) < 4.78 is 5.76. The van der Waals surface area contributed by atoms with Crippen molar-refractivity contribution in [3.63, 3.8) is 0 Å². The van der Waals surface area contributed by atoms with Gasteiger partial charge in [0.15, 0.2) is 0 Å². The molecule has 3 rings (SSSR count). The minimum Gasteiger partial charge on any atom is -0.489 e. The zero-order valence-electron chi connectivity index (χ0n) is 14.7. The molecule has 1 saturated heterocycles. The minimum atomic E-state index is -0.728. The molecule has 2 N–H and O–H groups in total. The summed E-state index contributed by atoms with van der Waals surface area (Å²) in [6.07, 6.45) is 1.61. The number of rotatable bonds is 6. The van der Waals surface area contributed by atoms with E-state index < -0.39 is 23.6 Å². The molecule has 0 saturated carbocycles. The number of amides is 3. The van der Waals surface area contributed by atoms with Crippen molar-refractivity contribution in [3.8, 4) is 5.75 Å². The molecule has 6 nitrogen and oxygen atoms in total. The van der Waals surface area contributed by atoms with Crippen molar-refractivity contribution in [1.82, 2.24) is 4.90 Å². The largest absolute Gasteiger partial charge is 0.489 e. The number of hydrogen-bond donors (Lipinski definition) is 1. The SMILES string of the molecule is Cc1cccc(COc2ccc(/C=C3\SC(=O)N(CC(N)=O)C3=O)cc2)c1. The highest BCUT2D eigenvalue weighted by Gasteiger charge is 2.35. The monoisotopic (exact) mass is 382 g/mol. The van der Waals surface area contributed by atoms with Crippen LogP contribution in [0.25, 0.3) is 6.08 Å². The number of carbonyl (C=O) groups is 3. The summed E-state index contributed by atoms with van der Waals surface area (Å²) in [5, 5.41) is -0.497. The second kappa shape index (κ2) is 8.09. The van der Waals surface area contributed by atoms with E-state index in [0.717, 1.165) is 27.8 Å². The van der Waals surface area contributed by atoms with Crippen molar-refractivity contribution < 1.29 is 19.1 Å². The van der Waals surface area contributed by atoms with Crippen molar-refractivity contribution in [2.24, 2.45) is 5.73 Å². The van der Waals surface area contributed by atoms with E-state index in [1.807, 2.05) is 25.1 Å². The Morgan fingerprint density at radius 3 is 2.59 bits per heavy atom. The molecule has 1 aliphatic heterocycles. The predicted molar refractivity (Wildman–Crippen MR) is 104 cm³/mol. The van der Waals surface area contributed by atoms with Gasteiger partial charge in [-0.15, -0.1) is 0 Å². The molecule has 3 amide bonds. The molecule has 0 unspecified atom stereocenters. The molecule has 0 atom stereocenters. The highest BCUT2D eigenvalue weighted by atomic mass is 32.2. The maximum Gasteiger partial charge on any atom is 0.294 e. The van der Waals surface area contributed by atoms with Gasteiger partial charge in [0, 0.05) is 0 Å². The van der Waals surface area contributed by atoms with Crippen LogP contribution in [0.4, 0.5) is 4.79 Å². The van der Waals surface area contributed by atoms with Crippen LogP contribution >= 0.6 is 11.8 Å². The summed E-state index contributed by atoms with van der Waals surface area (Å²) in [6, 6.07) is 15.3. The number of benzene rings is 2. The maximum atomic E-state index is 12.2. The topological polar surface area (TPSA) is 89.7 Å². The molecule has 0 bridgehead atoms. The standard InChI is InChI=1S/C20H18N2O4S/c1-13-3-2-4-15(9-13)12-26-16-7-5-14(6-8-16)10-17-19(24)22(11-18(21)23)20(25)27-17/h2-10H,11-12H2,1H3,(H2,21,23)/b17-10-. The summed E-state index contributed by atoms with van der Waals surface area (Å²) >= 11 is 0.791. The summed E-state index contributed by atoms with van der Waals surface area (Å²) in [5.41, 5.74) is 8.08. The van der Waals surface area contributed by atoms with Gasteiger partial charge in [0.05, 0.1) is 4.91 Å². The molecular weight excluding hydrogens is 364 g/mol. The van der Waals surface area contributed by atoms with Gasteiger partial charge in [-0.05, 0) is 48.0 Å². The van der Waals surface area contributed by atoms with Gasteiger partial charge in [0.25, 0.3) is 11.1 Å². The van der Waals surface area contributed by atoms with E-state index >= 15 is 0 Å². The smallest absolute Gasteiger partial charge is 0.294 e. The van der Waals surface area contributed by atoms with Crippen molar-refractivity contribution in [2.75, 3.05) is 6.54 Å². The molecule has 2 aromatic rings. The number of carbonyl (C=O) groups excluding carboxylic acids is 3. The Kier molecular flexibility index (Phi) is 5.61. The van der Waals surface area contributed by atoms with E-state index in [-0.39, 0.29) is 4.91 Å². The molecule has 0 aromatic heterocycles. The van der Waals surface area contributed by atoms with Crippen LogP contribution < -0.4 is 10.5 Å². The van der Waals surface area contributed by atoms with Gasteiger partial charge in [0.2, 0.25) is 5.91 Å². The maximum absolute atomic E-state index is 12.2. The van der Waals surface area contributed by atoms with Crippen molar-refractivity contribution in [2.45, 2.75) is 13.5 Å². The first-order chi connectivity index (χ1) is 12.9. The number of nitrogens with zero attached hydrogens (tertiary/aromatic N) is 1. The van der Waals surface area contributed by atoms with Crippen LogP contribution in [0, 0.1) is 6.92 Å². The first kappa shape index (κ1) is 18.7. The second-order valence-corrected chi connectivity index (χ2v) is 7.07. The normalized spacial score (nSPS) is 15.4. The summed E-state index contributed by atoms with van der Waals surface area (Å²) in [7, 11) is 0. The lowest BCUT2D eigenvalue weighted by molar-refractivity contribution is -0.127. The Morgan fingerprint density at radius 1 is 1.19 bits per heavy atom. The lowest BCUT2D eigenvalue weighted by Crippen LogP contribution is -2.36. The zero-order chi connectivity index (χ0) is 19.4. The van der Waals surface area contributed by atoms with Gasteiger partial charge in [-0.3, -0.25) is 19.3 Å². The lowest BCUT2D eigenvalue weighted by Gasteiger charge is -2.08. The molecule has 0 aliphatic carbocycles. The van der Waals surface area contributed by atoms with E-state index in [1.54, 1.807) is 30.3 Å². The van der Waals surface area contributed by atoms with Gasteiger partial charge < -0.3 is 10.5 Å². The fourth-order valence-corrected chi connectivity index (χ4v) is 3.41. The van der Waals surface area contributed by atoms with Crippen LogP contribution in [0.3, 0.4) is 0 Å². The Labute approximate surface area is 161 Å². The van der Waals surface area contributed by atoms with Crippen LogP contribution in [0.5, 0.6) is 5.75 Å². The number of ether oxygens (including phenoxy) is 1. The number of imide groups is 1. The van der Waals surface area contributed by atoms with E-state index in [1.165, 1.54) is 5.56 Å². The molecule has 1 heterocycles. The fourth-order valence-electron chi connectivity index (χ4n) is 2.57. The summed E-state index contributed by atoms with van der Waals surface area (Å²) in [5.74, 6) is -0.535. The fraction of sp³-hybridized carbons (Fsp3) is 0.150. The molecule has 2 aromatic carbocycles. The summed E-state index contributed by atoms with van der Waals surface area (Å²) in [6.45, 7) is 2.09. The van der Waals surface area contributed by atoms with E-state index in [4.69, 9.17) is 10.5 Å². The highest BCUT2D eigenvalue weighted by Crippen LogP contribution is 2.32. The predicted octanol–water partition coefficient (Wildman–Crippen LogP) is 3.10. The zero-order valence-corrected chi connectivity index (χ0v) is 15.5. The molecule has 7 heteroatoms. The van der Waals surface area contributed by atoms with Gasteiger partial charge in [-0.25, -0.2) is 0 Å². The Balaban J connectivity index is 1.65. The van der Waals surface area contributed by atoms with Gasteiger partial charge >= 0.3 is 0 Å². The Hall–Kier alpha value is -3.06. The highest BCUT2D eigenvalue weighted by molar-refractivity contribution is 8.18. The molecule has 0 radical (unpaired) electrons. The summed E-state index contributed by atoms with van der Waals surface area (Å²) in [4.78, 5) is 36.1. The Morgan fingerprint density at radius 2 is 1.93 bits per heavy atom. The molecule has 1 aliphatic rings. The quantitative estimate of drug-likeness (QED) is 0.776. The average molecular weight is 382 g/mol. The number of nitrogens with two attached hydrogens (primary N) is 1. The number of thioether (sulfide) groups is 1. The van der Waals surface area contributed by atoms with Gasteiger partial charge in [-0.2, -0.15) is 0 Å². The molecular formula is C20H18N2O4S. The lowest BCUT2D eigenvalue weighted by atomic mass is 10.1. The van der Waals surface area contributed by atoms with E-state index in [2.05, 4.69) is 6.07 Å². The third kappa shape index (κ3) is 4.77. The first-order valence-electron chi connectivity index (χ1n) is 8.24. The Bertz CT molecular complexity index is 922. The molecule has 0 spiro atoms. The molecule has 27 heavy (non-hydrogen) atoms. The van der Waals surface area contributed by atoms with Crippen molar-refractivity contribution in [3.05, 3.63) is 70.1 Å². The molecule has 1 fully saturated rings. The minimum absolute atomic E-state index is 0.259. The van der Waals surface area contributed by atoms with Crippen LogP contribution in [0.1, 0.15) is 16.7 Å². The second-order valence-electron chi connectivity index (χ2n) is 6.08.